The minimum atomic E-state index is -0.518. The number of nitrogens with zero attached hydrogens (tertiary/aromatic N) is 3. The third kappa shape index (κ3) is 2.14. The number of fused-ring (bicyclic) bond motifs is 1. The molecule has 0 aliphatic carbocycles. The van der Waals surface area contributed by atoms with E-state index in [-0.39, 0.29) is 23.6 Å². The van der Waals surface area contributed by atoms with Crippen molar-refractivity contribution in [3.63, 3.8) is 0 Å². The SMILES string of the molecule is O=c1[nH]cnc2c(CN3C[C@@H](CO)[C@H](O)C3)[nH]nc12. The monoisotopic (exact) mass is 265 g/mol. The fourth-order valence-corrected chi connectivity index (χ4v) is 2.48. The van der Waals surface area contributed by atoms with Gasteiger partial charge in [0.1, 0.15) is 5.52 Å². The van der Waals surface area contributed by atoms with E-state index in [9.17, 15) is 9.90 Å². The van der Waals surface area contributed by atoms with Crippen LogP contribution in [0.1, 0.15) is 5.69 Å². The Balaban J connectivity index is 1.83. The molecule has 1 aliphatic heterocycles. The molecule has 1 aliphatic rings. The van der Waals surface area contributed by atoms with Crippen LogP contribution in [0.25, 0.3) is 11.0 Å². The molecule has 1 saturated heterocycles. The molecule has 3 heterocycles. The first-order valence-electron chi connectivity index (χ1n) is 6.11. The van der Waals surface area contributed by atoms with Crippen LogP contribution in [0.15, 0.2) is 11.1 Å². The van der Waals surface area contributed by atoms with E-state index in [1.54, 1.807) is 0 Å². The Morgan fingerprint density at radius 2 is 2.26 bits per heavy atom. The van der Waals surface area contributed by atoms with E-state index in [2.05, 4.69) is 20.2 Å². The molecule has 0 spiro atoms. The van der Waals surface area contributed by atoms with E-state index < -0.39 is 6.10 Å². The summed E-state index contributed by atoms with van der Waals surface area (Å²) in [5.41, 5.74) is 1.30. The van der Waals surface area contributed by atoms with Gasteiger partial charge in [-0.1, -0.05) is 0 Å². The highest BCUT2D eigenvalue weighted by atomic mass is 16.3. The molecule has 1 fully saturated rings. The molecule has 3 rings (SSSR count). The lowest BCUT2D eigenvalue weighted by molar-refractivity contribution is 0.103. The first-order valence-corrected chi connectivity index (χ1v) is 6.11. The fraction of sp³-hybridized carbons (Fsp3) is 0.545. The lowest BCUT2D eigenvalue weighted by Gasteiger charge is -2.13. The van der Waals surface area contributed by atoms with Gasteiger partial charge in [-0.2, -0.15) is 5.10 Å². The Hall–Kier alpha value is -1.77. The average Bonchev–Trinajstić information content (AvgIpc) is 2.95. The fourth-order valence-electron chi connectivity index (χ4n) is 2.48. The van der Waals surface area contributed by atoms with Gasteiger partial charge in [0.05, 0.1) is 18.1 Å². The highest BCUT2D eigenvalue weighted by Crippen LogP contribution is 2.20. The molecule has 19 heavy (non-hydrogen) atoms. The number of aliphatic hydroxyl groups is 2. The molecule has 2 atom stereocenters. The second kappa shape index (κ2) is 4.72. The van der Waals surface area contributed by atoms with Crippen molar-refractivity contribution in [2.24, 2.45) is 5.92 Å². The van der Waals surface area contributed by atoms with Gasteiger partial charge in [-0.15, -0.1) is 0 Å². The molecular weight excluding hydrogens is 250 g/mol. The van der Waals surface area contributed by atoms with Crippen LogP contribution < -0.4 is 5.56 Å². The van der Waals surface area contributed by atoms with Crippen LogP contribution in [0.5, 0.6) is 0 Å². The lowest BCUT2D eigenvalue weighted by atomic mass is 10.1. The zero-order valence-electron chi connectivity index (χ0n) is 10.2. The predicted octanol–water partition coefficient (Wildman–Crippen LogP) is -1.57. The molecule has 0 saturated carbocycles. The molecule has 8 nitrogen and oxygen atoms in total. The maximum absolute atomic E-state index is 11.5. The van der Waals surface area contributed by atoms with Gasteiger partial charge < -0.3 is 15.2 Å². The number of nitrogens with one attached hydrogen (secondary N) is 2. The van der Waals surface area contributed by atoms with E-state index in [1.165, 1.54) is 6.33 Å². The number of aromatic amines is 2. The molecular formula is C11H15N5O3. The zero-order chi connectivity index (χ0) is 13.4. The summed E-state index contributed by atoms with van der Waals surface area (Å²) in [4.78, 5) is 20.1. The summed E-state index contributed by atoms with van der Waals surface area (Å²) < 4.78 is 0. The first-order chi connectivity index (χ1) is 9.19. The van der Waals surface area contributed by atoms with E-state index in [0.717, 1.165) is 5.69 Å². The van der Waals surface area contributed by atoms with Crippen LogP contribution in [0.2, 0.25) is 0 Å². The van der Waals surface area contributed by atoms with Crippen molar-refractivity contribution in [2.75, 3.05) is 19.7 Å². The second-order valence-electron chi connectivity index (χ2n) is 4.84. The summed E-state index contributed by atoms with van der Waals surface area (Å²) in [6.45, 7) is 1.59. The van der Waals surface area contributed by atoms with Gasteiger partial charge in [-0.05, 0) is 0 Å². The van der Waals surface area contributed by atoms with Crippen molar-refractivity contribution in [1.82, 2.24) is 25.1 Å². The van der Waals surface area contributed by atoms with Crippen LogP contribution in [-0.4, -0.2) is 61.1 Å². The van der Waals surface area contributed by atoms with Crippen molar-refractivity contribution in [1.29, 1.82) is 0 Å². The van der Waals surface area contributed by atoms with Crippen molar-refractivity contribution < 1.29 is 10.2 Å². The number of H-pyrrole nitrogens is 2. The average molecular weight is 265 g/mol. The van der Waals surface area contributed by atoms with Gasteiger partial charge in [-0.25, -0.2) is 4.98 Å². The Labute approximate surface area is 108 Å². The first kappa shape index (κ1) is 12.3. The number of β-amino-alcohol motifs (C(OH)–C–C–N with tert-alkyl or cyclic N) is 1. The van der Waals surface area contributed by atoms with Crippen LogP contribution in [0, 0.1) is 5.92 Å². The standard InChI is InChI=1S/C11H15N5O3/c17-4-6-1-16(3-8(6)18)2-7-9-10(15-14-7)11(19)13-5-12-9/h5-6,8,17-18H,1-4H2,(H,14,15)(H,12,13,19)/t6-,8+/m0/s1. The van der Waals surface area contributed by atoms with Crippen LogP contribution in [-0.2, 0) is 6.54 Å². The molecule has 0 amide bonds. The Morgan fingerprint density at radius 1 is 1.42 bits per heavy atom. The Bertz CT molecular complexity index is 637. The molecule has 2 aromatic rings. The maximum atomic E-state index is 11.5. The molecule has 0 bridgehead atoms. The predicted molar refractivity (Wildman–Crippen MR) is 66.4 cm³/mol. The Morgan fingerprint density at radius 3 is 3.00 bits per heavy atom. The molecule has 0 aromatic carbocycles. The summed E-state index contributed by atoms with van der Waals surface area (Å²) in [5.74, 6) is -0.120. The minimum Gasteiger partial charge on any atom is -0.396 e. The van der Waals surface area contributed by atoms with Gasteiger partial charge in [0.15, 0.2) is 5.52 Å². The summed E-state index contributed by atoms with van der Waals surface area (Å²) in [7, 11) is 0. The normalized spacial score (nSPS) is 24.3. The van der Waals surface area contributed by atoms with Crippen LogP contribution in [0.4, 0.5) is 0 Å². The number of likely N-dealkylation sites (tertiary alicyclic amines) is 1. The number of hydrogen-bond acceptors (Lipinski definition) is 6. The summed E-state index contributed by atoms with van der Waals surface area (Å²) in [6, 6.07) is 0. The third-order valence-corrected chi connectivity index (χ3v) is 3.52. The minimum absolute atomic E-state index is 0.0285. The zero-order valence-corrected chi connectivity index (χ0v) is 10.2. The van der Waals surface area contributed by atoms with Gasteiger partial charge in [0.25, 0.3) is 5.56 Å². The topological polar surface area (TPSA) is 118 Å². The number of aliphatic hydroxyl groups excluding tert-OH is 2. The largest absolute Gasteiger partial charge is 0.396 e. The van der Waals surface area contributed by atoms with E-state index in [4.69, 9.17) is 5.11 Å². The van der Waals surface area contributed by atoms with Crippen molar-refractivity contribution in [3.05, 3.63) is 22.4 Å². The Kier molecular flexibility index (Phi) is 3.05. The van der Waals surface area contributed by atoms with Crippen molar-refractivity contribution in [3.8, 4) is 0 Å². The van der Waals surface area contributed by atoms with E-state index in [0.29, 0.717) is 25.2 Å². The molecule has 0 unspecified atom stereocenters. The second-order valence-corrected chi connectivity index (χ2v) is 4.84. The van der Waals surface area contributed by atoms with Crippen molar-refractivity contribution in [2.45, 2.75) is 12.6 Å². The quantitative estimate of drug-likeness (QED) is 0.532. The number of rotatable bonds is 3. The van der Waals surface area contributed by atoms with Crippen molar-refractivity contribution >= 4 is 11.0 Å². The van der Waals surface area contributed by atoms with E-state index in [1.807, 2.05) is 4.90 Å². The van der Waals surface area contributed by atoms with Crippen LogP contribution in [0.3, 0.4) is 0 Å². The van der Waals surface area contributed by atoms with Gasteiger partial charge in [-0.3, -0.25) is 14.8 Å². The molecule has 102 valence electrons. The van der Waals surface area contributed by atoms with Gasteiger partial charge in [0, 0.05) is 32.2 Å². The number of hydrogen-bond donors (Lipinski definition) is 4. The molecule has 0 radical (unpaired) electrons. The molecule has 8 heteroatoms. The summed E-state index contributed by atoms with van der Waals surface area (Å²) in [6.07, 6.45) is 0.828. The molecule has 2 aromatic heterocycles. The van der Waals surface area contributed by atoms with Gasteiger partial charge in [0.2, 0.25) is 0 Å². The smallest absolute Gasteiger partial charge is 0.279 e. The molecule has 4 N–H and O–H groups in total. The highest BCUT2D eigenvalue weighted by Gasteiger charge is 2.31. The maximum Gasteiger partial charge on any atom is 0.279 e. The summed E-state index contributed by atoms with van der Waals surface area (Å²) in [5, 5.41) is 25.6. The number of aromatic nitrogens is 4. The van der Waals surface area contributed by atoms with Gasteiger partial charge >= 0.3 is 0 Å². The van der Waals surface area contributed by atoms with Crippen LogP contribution >= 0.6 is 0 Å². The highest BCUT2D eigenvalue weighted by molar-refractivity contribution is 5.75. The third-order valence-electron chi connectivity index (χ3n) is 3.52. The summed E-state index contributed by atoms with van der Waals surface area (Å²) >= 11 is 0. The van der Waals surface area contributed by atoms with E-state index >= 15 is 0 Å². The lowest BCUT2D eigenvalue weighted by Crippen LogP contribution is -2.22.